The van der Waals surface area contributed by atoms with Crippen molar-refractivity contribution in [1.29, 1.82) is 0 Å². The number of nitrogen functional groups attached to an aromatic ring is 8. The van der Waals surface area contributed by atoms with Gasteiger partial charge in [0, 0.05) is 45.5 Å². The maximum Gasteiger partial charge on any atom is 0.0314 e. The summed E-state index contributed by atoms with van der Waals surface area (Å²) < 4.78 is 0. The Morgan fingerprint density at radius 3 is 0.375 bits per heavy atom. The summed E-state index contributed by atoms with van der Waals surface area (Å²) in [5.74, 6) is 0. The van der Waals surface area contributed by atoms with Gasteiger partial charge in [0.2, 0.25) is 0 Å². The van der Waals surface area contributed by atoms with E-state index in [1.807, 2.05) is 97.1 Å². The zero-order valence-corrected chi connectivity index (χ0v) is 52.5. The van der Waals surface area contributed by atoms with E-state index in [2.05, 4.69) is 206 Å². The molecule has 16 rings (SSSR count). The lowest BCUT2D eigenvalue weighted by molar-refractivity contribution is 1.56. The molecular weight excluding hydrogens is 1170 g/mol. The van der Waals surface area contributed by atoms with Crippen LogP contribution in [0, 0.1) is 0 Å². The maximum absolute atomic E-state index is 6.39. The summed E-state index contributed by atoms with van der Waals surface area (Å²) >= 11 is 0. The molecule has 0 saturated heterocycles. The standard InChI is InChI=1S/C88H66N8/c89-71-17-1-51(2-18-71)59-37-60(52-3-19-72(90)20-4-52)42-67(41-59)83-49-84(68-43-61(53-5-21-73(91)22-6-53)38-62(44-68)54-7-23-74(92)24-8-54)80-35-36-82-86(70-47-65(57-13-29-77(95)30-14-57)40-66(48-70)58-15-31-78(96)32-16-58)50-85(81-34-33-79(83)87(80)88(81)82)69-45-63(55-9-25-75(93)26-10-55)39-64(46-69)56-11-27-76(94)28-12-56/h1-50H,89-96H2. The number of hydrogen-bond acceptors (Lipinski definition) is 8. The fraction of sp³-hybridized carbons (Fsp3) is 0. The molecule has 458 valence electrons. The van der Waals surface area contributed by atoms with Gasteiger partial charge in [-0.05, 0) is 348 Å². The maximum atomic E-state index is 6.39. The quantitative estimate of drug-likeness (QED) is 0.0435. The first-order valence-electron chi connectivity index (χ1n) is 32.0. The number of rotatable bonds is 12. The summed E-state index contributed by atoms with van der Waals surface area (Å²) in [5.41, 5.74) is 81.7. The normalized spacial score (nSPS) is 11.5. The van der Waals surface area contributed by atoms with E-state index in [1.165, 1.54) is 0 Å². The molecule has 0 spiro atoms. The average Bonchev–Trinajstić information content (AvgIpc) is 0.707. The van der Waals surface area contributed by atoms with Crippen LogP contribution in [0.5, 0.6) is 0 Å². The Labute approximate surface area is 557 Å². The molecule has 8 heteroatoms. The summed E-state index contributed by atoms with van der Waals surface area (Å²) in [6.07, 6.45) is 0. The van der Waals surface area contributed by atoms with Crippen molar-refractivity contribution >= 4 is 77.8 Å². The number of hydrogen-bond donors (Lipinski definition) is 8. The second kappa shape index (κ2) is 23.6. The van der Waals surface area contributed by atoms with Crippen molar-refractivity contribution in [2.75, 3.05) is 45.9 Å². The fourth-order valence-electron chi connectivity index (χ4n) is 13.8. The number of nitrogens with two attached hydrogens (primary N) is 8. The van der Waals surface area contributed by atoms with Crippen LogP contribution < -0.4 is 45.9 Å². The second-order valence-corrected chi connectivity index (χ2v) is 25.2. The molecular formula is C88H66N8. The molecule has 96 heavy (non-hydrogen) atoms. The lowest BCUT2D eigenvalue weighted by atomic mass is 9.80. The fourth-order valence-corrected chi connectivity index (χ4v) is 13.8. The SMILES string of the molecule is Nc1ccc(-c2cc(-c3ccc(N)cc3)cc(-c3cc(-c4cc(-c5ccc(N)cc5)cc(-c5ccc(N)cc5)c4)c4ccc5c(-c6cc(-c7ccc(N)cc7)cc(-c7ccc(N)cc7)c6)cc(-c6cc(-c7ccc(N)cc7)cc(-c7ccc(N)cc7)c6)c6ccc3c4c65)c2)cc1. The highest BCUT2D eigenvalue weighted by Crippen LogP contribution is 2.52. The molecule has 0 bridgehead atoms. The van der Waals surface area contributed by atoms with Crippen molar-refractivity contribution < 1.29 is 0 Å². The molecule has 0 amide bonds. The van der Waals surface area contributed by atoms with Crippen LogP contribution in [0.1, 0.15) is 0 Å². The van der Waals surface area contributed by atoms with E-state index in [1.54, 1.807) is 0 Å². The molecule has 0 aliphatic heterocycles. The van der Waals surface area contributed by atoms with Gasteiger partial charge in [-0.2, -0.15) is 0 Å². The van der Waals surface area contributed by atoms with Gasteiger partial charge in [0.25, 0.3) is 0 Å². The van der Waals surface area contributed by atoms with Crippen molar-refractivity contribution in [2.24, 2.45) is 0 Å². The third-order valence-electron chi connectivity index (χ3n) is 18.8. The Kier molecular flexibility index (Phi) is 14.3. The Hall–Kier alpha value is -13.0. The highest BCUT2D eigenvalue weighted by molar-refractivity contribution is 6.32. The van der Waals surface area contributed by atoms with Crippen LogP contribution in [0.15, 0.2) is 303 Å². The van der Waals surface area contributed by atoms with Gasteiger partial charge in [-0.3, -0.25) is 0 Å². The molecule has 0 atom stereocenters. The van der Waals surface area contributed by atoms with E-state index in [0.29, 0.717) is 45.5 Å². The number of benzene rings is 16. The molecule has 16 N–H and O–H groups in total. The van der Waals surface area contributed by atoms with E-state index < -0.39 is 0 Å². The Balaban J connectivity index is 1.06. The van der Waals surface area contributed by atoms with Gasteiger partial charge in [-0.25, -0.2) is 0 Å². The molecule has 0 radical (unpaired) electrons. The largest absolute Gasteiger partial charge is 0.399 e. The van der Waals surface area contributed by atoms with Crippen LogP contribution in [0.3, 0.4) is 0 Å². The minimum Gasteiger partial charge on any atom is -0.399 e. The zero-order chi connectivity index (χ0) is 65.3. The minimum atomic E-state index is 0.695. The number of anilines is 8. The highest BCUT2D eigenvalue weighted by Gasteiger charge is 2.24. The van der Waals surface area contributed by atoms with Crippen molar-refractivity contribution in [3.63, 3.8) is 0 Å². The molecule has 0 aliphatic carbocycles. The molecule has 16 aromatic carbocycles. The van der Waals surface area contributed by atoms with E-state index >= 15 is 0 Å². The van der Waals surface area contributed by atoms with Crippen LogP contribution in [0.4, 0.5) is 45.5 Å². The third kappa shape index (κ3) is 11.0. The zero-order valence-electron chi connectivity index (χ0n) is 52.5. The summed E-state index contributed by atoms with van der Waals surface area (Å²) in [4.78, 5) is 0. The van der Waals surface area contributed by atoms with E-state index in [-0.39, 0.29) is 0 Å². The predicted octanol–water partition coefficient (Wildman–Crippen LogP) is 21.2. The average molecular weight is 1240 g/mol. The van der Waals surface area contributed by atoms with E-state index in [4.69, 9.17) is 45.9 Å². The second-order valence-electron chi connectivity index (χ2n) is 25.2. The Bertz CT molecular complexity index is 4690. The third-order valence-corrected chi connectivity index (χ3v) is 18.8. The van der Waals surface area contributed by atoms with Crippen molar-refractivity contribution in [1.82, 2.24) is 0 Å². The molecule has 16 aromatic rings. The first-order valence-corrected chi connectivity index (χ1v) is 32.0. The van der Waals surface area contributed by atoms with Crippen LogP contribution in [-0.4, -0.2) is 0 Å². The van der Waals surface area contributed by atoms with Gasteiger partial charge in [-0.1, -0.05) is 121 Å². The van der Waals surface area contributed by atoms with Crippen LogP contribution in [0.25, 0.3) is 166 Å². The molecule has 0 fully saturated rings. The summed E-state index contributed by atoms with van der Waals surface area (Å²) in [6.45, 7) is 0. The Morgan fingerprint density at radius 2 is 0.240 bits per heavy atom. The van der Waals surface area contributed by atoms with Crippen LogP contribution in [-0.2, 0) is 0 Å². The van der Waals surface area contributed by atoms with E-state index in [0.717, 1.165) is 166 Å². The van der Waals surface area contributed by atoms with Crippen molar-refractivity contribution in [3.05, 3.63) is 303 Å². The molecule has 0 aliphatic rings. The van der Waals surface area contributed by atoms with Gasteiger partial charge >= 0.3 is 0 Å². The van der Waals surface area contributed by atoms with Gasteiger partial charge in [0.05, 0.1) is 0 Å². The lowest BCUT2D eigenvalue weighted by Gasteiger charge is -2.23. The smallest absolute Gasteiger partial charge is 0.0314 e. The van der Waals surface area contributed by atoms with Crippen molar-refractivity contribution in [3.8, 4) is 134 Å². The minimum absolute atomic E-state index is 0.695. The highest BCUT2D eigenvalue weighted by atomic mass is 14.6. The first-order chi connectivity index (χ1) is 46.7. The van der Waals surface area contributed by atoms with Gasteiger partial charge in [0.1, 0.15) is 0 Å². The van der Waals surface area contributed by atoms with E-state index in [9.17, 15) is 0 Å². The summed E-state index contributed by atoms with van der Waals surface area (Å²) in [5, 5.41) is 6.63. The summed E-state index contributed by atoms with van der Waals surface area (Å²) in [6, 6.07) is 107. The predicted molar refractivity (Wildman–Crippen MR) is 411 cm³/mol. The van der Waals surface area contributed by atoms with Crippen LogP contribution in [0.2, 0.25) is 0 Å². The topological polar surface area (TPSA) is 208 Å². The summed E-state index contributed by atoms with van der Waals surface area (Å²) in [7, 11) is 0. The first kappa shape index (κ1) is 58.1. The van der Waals surface area contributed by atoms with Crippen LogP contribution >= 0.6 is 0 Å². The molecule has 0 unspecified atom stereocenters. The van der Waals surface area contributed by atoms with Gasteiger partial charge in [0.15, 0.2) is 0 Å². The molecule has 8 nitrogen and oxygen atoms in total. The van der Waals surface area contributed by atoms with Crippen molar-refractivity contribution in [2.45, 2.75) is 0 Å². The molecule has 0 heterocycles. The monoisotopic (exact) mass is 1230 g/mol. The van der Waals surface area contributed by atoms with Gasteiger partial charge in [-0.15, -0.1) is 0 Å². The Morgan fingerprint density at radius 1 is 0.115 bits per heavy atom. The lowest BCUT2D eigenvalue weighted by Crippen LogP contribution is -1.96. The molecule has 0 saturated carbocycles. The van der Waals surface area contributed by atoms with Gasteiger partial charge < -0.3 is 45.9 Å². The molecule has 0 aromatic heterocycles.